The van der Waals surface area contributed by atoms with Crippen LogP contribution in [0.1, 0.15) is 23.7 Å². The van der Waals surface area contributed by atoms with E-state index in [1.165, 1.54) is 18.1 Å². The fraction of sp³-hybridized carbons (Fsp3) is 0.250. The van der Waals surface area contributed by atoms with Crippen molar-refractivity contribution in [1.82, 2.24) is 24.7 Å². The average molecular weight is 506 g/mol. The number of rotatable bonds is 7. The van der Waals surface area contributed by atoms with Gasteiger partial charge in [0.1, 0.15) is 11.4 Å². The fourth-order valence-electron chi connectivity index (χ4n) is 4.13. The zero-order valence-electron chi connectivity index (χ0n) is 19.8. The Morgan fingerprint density at radius 1 is 1.14 bits per heavy atom. The highest BCUT2D eigenvalue weighted by Crippen LogP contribution is 2.29. The predicted octanol–water partition coefficient (Wildman–Crippen LogP) is 2.51. The molecule has 11 nitrogen and oxygen atoms in total. The molecule has 0 atom stereocenters. The van der Waals surface area contributed by atoms with Gasteiger partial charge in [0.15, 0.2) is 0 Å². The summed E-state index contributed by atoms with van der Waals surface area (Å²) >= 11 is 1.45. The molecule has 12 heteroatoms. The number of nitrogens with two attached hydrogens (primary N) is 1. The molecular weight excluding hydrogens is 478 g/mol. The maximum Gasteiger partial charge on any atom is 0.254 e. The number of fused-ring (bicyclic) bond motifs is 1. The van der Waals surface area contributed by atoms with Crippen LogP contribution in [0.15, 0.2) is 65.6 Å². The highest BCUT2D eigenvalue weighted by atomic mass is 32.2. The summed E-state index contributed by atoms with van der Waals surface area (Å²) in [4.78, 5) is 40.0. The summed E-state index contributed by atoms with van der Waals surface area (Å²) < 4.78 is 0. The van der Waals surface area contributed by atoms with E-state index >= 15 is 0 Å². The Labute approximate surface area is 213 Å². The average Bonchev–Trinajstić information content (AvgIpc) is 3.39. The molecule has 0 saturated carbocycles. The number of primary amides is 1. The topological polar surface area (TPSA) is 132 Å². The highest BCUT2D eigenvalue weighted by molar-refractivity contribution is 8.00. The number of hydrogen-bond donors (Lipinski definition) is 4. The lowest BCUT2D eigenvalue weighted by Gasteiger charge is -2.36. The molecule has 0 aliphatic carbocycles. The van der Waals surface area contributed by atoms with Crippen LogP contribution in [0.25, 0.3) is 0 Å². The van der Waals surface area contributed by atoms with E-state index in [9.17, 15) is 9.59 Å². The molecule has 186 valence electrons. The number of aromatic nitrogens is 2. The van der Waals surface area contributed by atoms with Crippen LogP contribution < -0.4 is 26.1 Å². The molecule has 0 radical (unpaired) electrons. The Bertz CT molecular complexity index is 1250. The largest absolute Gasteiger partial charge is 0.368 e. The van der Waals surface area contributed by atoms with Crippen molar-refractivity contribution in [3.63, 3.8) is 0 Å². The summed E-state index contributed by atoms with van der Waals surface area (Å²) in [6.07, 6.45) is 7.63. The van der Waals surface area contributed by atoms with Crippen molar-refractivity contribution in [3.8, 4) is 0 Å². The third kappa shape index (κ3) is 4.99. The molecule has 1 aromatic heterocycles. The van der Waals surface area contributed by atoms with Crippen LogP contribution >= 0.6 is 11.9 Å². The molecule has 1 aromatic carbocycles. The second kappa shape index (κ2) is 10.3. The number of hydrogen-bond acceptors (Lipinski definition) is 10. The summed E-state index contributed by atoms with van der Waals surface area (Å²) in [5.74, 6) is 0.231. The van der Waals surface area contributed by atoms with Crippen LogP contribution in [0.3, 0.4) is 0 Å². The second-order valence-corrected chi connectivity index (χ2v) is 9.00. The lowest BCUT2D eigenvalue weighted by atomic mass is 10.2. The number of amides is 2. The number of hydrazine groups is 1. The van der Waals surface area contributed by atoms with Gasteiger partial charge in [-0.05, 0) is 48.4 Å². The lowest BCUT2D eigenvalue weighted by Crippen LogP contribution is -2.48. The zero-order valence-corrected chi connectivity index (χ0v) is 20.6. The first-order valence-corrected chi connectivity index (χ1v) is 12.5. The zero-order chi connectivity index (χ0) is 25.1. The first-order valence-electron chi connectivity index (χ1n) is 11.6. The van der Waals surface area contributed by atoms with Gasteiger partial charge in [-0.1, -0.05) is 6.92 Å². The molecular formula is C24H27N9O2S. The van der Waals surface area contributed by atoms with Gasteiger partial charge in [-0.2, -0.15) is 9.82 Å². The number of allylic oxidation sites excluding steroid dienone is 2. The number of anilines is 4. The summed E-state index contributed by atoms with van der Waals surface area (Å²) in [7, 11) is 0. The van der Waals surface area contributed by atoms with E-state index in [2.05, 4.69) is 30.3 Å². The van der Waals surface area contributed by atoms with Crippen LogP contribution in [0, 0.1) is 0 Å². The Kier molecular flexibility index (Phi) is 6.78. The molecule has 3 aliphatic heterocycles. The molecule has 1 saturated heterocycles. The minimum atomic E-state index is -0.620. The van der Waals surface area contributed by atoms with Crippen LogP contribution in [0.4, 0.5) is 23.1 Å². The van der Waals surface area contributed by atoms with Crippen molar-refractivity contribution in [3.05, 3.63) is 71.2 Å². The van der Waals surface area contributed by atoms with Crippen LogP contribution in [-0.2, 0) is 4.79 Å². The van der Waals surface area contributed by atoms with E-state index in [1.54, 1.807) is 0 Å². The smallest absolute Gasteiger partial charge is 0.254 e. The summed E-state index contributed by atoms with van der Waals surface area (Å²) in [6, 6.07) is 7.97. The Balaban J connectivity index is 1.28. The van der Waals surface area contributed by atoms with Gasteiger partial charge in [-0.25, -0.2) is 4.98 Å². The van der Waals surface area contributed by atoms with E-state index in [1.807, 2.05) is 64.9 Å². The number of carbonyl (C=O) groups excluding carboxylic acids is 2. The van der Waals surface area contributed by atoms with E-state index in [0.29, 0.717) is 18.2 Å². The summed E-state index contributed by atoms with van der Waals surface area (Å²) in [5, 5.41) is 10.2. The van der Waals surface area contributed by atoms with Gasteiger partial charge >= 0.3 is 0 Å². The number of nitrogens with one attached hydrogen (secondary N) is 3. The van der Waals surface area contributed by atoms with E-state index in [0.717, 1.165) is 48.9 Å². The SMILES string of the molecule is CCC(=O)N1CCN(c2ccc(Nc3ncc(C(N)=O)c(NC4=CC=CN5NSC=C45)n3)cc2)CC1. The van der Waals surface area contributed by atoms with Crippen LogP contribution in [0.5, 0.6) is 0 Å². The Morgan fingerprint density at radius 3 is 2.64 bits per heavy atom. The molecule has 36 heavy (non-hydrogen) atoms. The quantitative estimate of drug-likeness (QED) is 0.416. The van der Waals surface area contributed by atoms with E-state index < -0.39 is 5.91 Å². The normalized spacial score (nSPS) is 16.9. The molecule has 2 aromatic rings. The molecule has 0 bridgehead atoms. The second-order valence-electron chi connectivity index (χ2n) is 8.34. The van der Waals surface area contributed by atoms with Crippen molar-refractivity contribution in [2.75, 3.05) is 41.7 Å². The van der Waals surface area contributed by atoms with Gasteiger partial charge < -0.3 is 26.2 Å². The van der Waals surface area contributed by atoms with Crippen molar-refractivity contribution in [1.29, 1.82) is 0 Å². The van der Waals surface area contributed by atoms with Crippen LogP contribution in [-0.4, -0.2) is 57.9 Å². The fourth-order valence-corrected chi connectivity index (χ4v) is 4.81. The van der Waals surface area contributed by atoms with E-state index in [4.69, 9.17) is 5.73 Å². The summed E-state index contributed by atoms with van der Waals surface area (Å²) in [6.45, 7) is 4.97. The Hall–Kier alpha value is -4.03. The van der Waals surface area contributed by atoms with Gasteiger partial charge in [0.05, 0.1) is 11.4 Å². The van der Waals surface area contributed by atoms with Crippen molar-refractivity contribution in [2.24, 2.45) is 5.73 Å². The molecule has 5 rings (SSSR count). The number of benzene rings is 1. The van der Waals surface area contributed by atoms with Crippen molar-refractivity contribution >= 4 is 46.9 Å². The minimum Gasteiger partial charge on any atom is -0.368 e. The van der Waals surface area contributed by atoms with Gasteiger partial charge in [0.2, 0.25) is 11.9 Å². The molecule has 3 aliphatic rings. The maximum atomic E-state index is 12.0. The van der Waals surface area contributed by atoms with Gasteiger partial charge in [-0.3, -0.25) is 14.6 Å². The first-order chi connectivity index (χ1) is 17.5. The molecule has 1 fully saturated rings. The third-order valence-electron chi connectivity index (χ3n) is 6.09. The minimum absolute atomic E-state index is 0.192. The predicted molar refractivity (Wildman–Crippen MR) is 141 cm³/mol. The van der Waals surface area contributed by atoms with Crippen molar-refractivity contribution in [2.45, 2.75) is 13.3 Å². The first kappa shape index (κ1) is 23.7. The monoisotopic (exact) mass is 505 g/mol. The molecule has 5 N–H and O–H groups in total. The molecule has 2 amide bonds. The van der Waals surface area contributed by atoms with Crippen molar-refractivity contribution < 1.29 is 9.59 Å². The highest BCUT2D eigenvalue weighted by Gasteiger charge is 2.23. The third-order valence-corrected chi connectivity index (χ3v) is 6.73. The number of piperazine rings is 1. The van der Waals surface area contributed by atoms with E-state index in [-0.39, 0.29) is 11.5 Å². The molecule has 0 unspecified atom stereocenters. The Morgan fingerprint density at radius 2 is 1.92 bits per heavy atom. The number of carbonyl (C=O) groups is 2. The van der Waals surface area contributed by atoms with Crippen LogP contribution in [0.2, 0.25) is 0 Å². The van der Waals surface area contributed by atoms with Gasteiger partial charge in [0.25, 0.3) is 5.91 Å². The standard InChI is InChI=1S/C24H27N9O2S/c1-2-21(34)32-12-10-31(11-13-32)17-7-5-16(6-8-17)27-24-26-14-18(22(25)35)23(29-24)28-19-4-3-9-33-20(19)15-36-30-33/h3-9,14-15,30H,2,10-13H2,1H3,(H2,25,35)(H2,26,27,28,29). The van der Waals surface area contributed by atoms with Gasteiger partial charge in [-0.15, -0.1) is 0 Å². The van der Waals surface area contributed by atoms with Gasteiger partial charge in [0, 0.05) is 61.8 Å². The maximum absolute atomic E-state index is 12.0. The lowest BCUT2D eigenvalue weighted by molar-refractivity contribution is -0.131. The molecule has 4 heterocycles. The molecule has 0 spiro atoms. The summed E-state index contributed by atoms with van der Waals surface area (Å²) in [5.41, 5.74) is 9.34. The number of nitrogens with zero attached hydrogens (tertiary/aromatic N) is 5.